The maximum atomic E-state index is 13.0. The molecule has 4 rings (SSSR count). The van der Waals surface area contributed by atoms with Crippen LogP contribution in [0.15, 0.2) is 65.5 Å². The number of nitrogens with zero attached hydrogens (tertiary/aromatic N) is 3. The number of likely N-dealkylation sites (tertiary alicyclic amines) is 1. The fraction of sp³-hybridized carbons (Fsp3) is 0.304. The number of amides is 2. The average Bonchev–Trinajstić information content (AvgIpc) is 3.28. The molecule has 2 amide bonds. The van der Waals surface area contributed by atoms with Crippen LogP contribution in [0.25, 0.3) is 5.69 Å². The van der Waals surface area contributed by atoms with Crippen LogP contribution in [-0.2, 0) is 13.5 Å². The lowest BCUT2D eigenvalue weighted by Gasteiger charge is -2.25. The van der Waals surface area contributed by atoms with Crippen LogP contribution in [0.3, 0.4) is 0 Å². The van der Waals surface area contributed by atoms with Crippen molar-refractivity contribution in [2.24, 2.45) is 7.05 Å². The molecule has 150 valence electrons. The van der Waals surface area contributed by atoms with E-state index >= 15 is 0 Å². The molecule has 0 bridgehead atoms. The van der Waals surface area contributed by atoms with Gasteiger partial charge in [-0.15, -0.1) is 0 Å². The molecule has 1 saturated heterocycles. The van der Waals surface area contributed by atoms with E-state index in [0.717, 1.165) is 30.6 Å². The zero-order valence-corrected chi connectivity index (χ0v) is 16.8. The van der Waals surface area contributed by atoms with E-state index in [4.69, 9.17) is 0 Å². The first-order valence-corrected chi connectivity index (χ1v) is 10.0. The van der Waals surface area contributed by atoms with Crippen LogP contribution in [-0.4, -0.2) is 32.9 Å². The van der Waals surface area contributed by atoms with Gasteiger partial charge in [0.15, 0.2) is 0 Å². The second kappa shape index (κ2) is 7.99. The molecule has 0 unspecified atom stereocenters. The van der Waals surface area contributed by atoms with Gasteiger partial charge in [-0.3, -0.25) is 9.48 Å². The van der Waals surface area contributed by atoms with E-state index in [1.54, 1.807) is 9.36 Å². The van der Waals surface area contributed by atoms with Gasteiger partial charge in [0.2, 0.25) is 0 Å². The molecule has 0 radical (unpaired) electrons. The smallest absolute Gasteiger partial charge is 0.321 e. The van der Waals surface area contributed by atoms with E-state index in [2.05, 4.69) is 17.4 Å². The topological polar surface area (TPSA) is 59.3 Å². The maximum absolute atomic E-state index is 13.0. The van der Waals surface area contributed by atoms with Crippen molar-refractivity contribution < 1.29 is 4.79 Å². The van der Waals surface area contributed by atoms with Gasteiger partial charge in [-0.2, -0.15) is 0 Å². The second-order valence-electron chi connectivity index (χ2n) is 7.55. The second-order valence-corrected chi connectivity index (χ2v) is 7.55. The third-order valence-corrected chi connectivity index (χ3v) is 5.74. The van der Waals surface area contributed by atoms with E-state index in [1.165, 1.54) is 5.56 Å². The lowest BCUT2D eigenvalue weighted by molar-refractivity contribution is 0.206. The highest BCUT2D eigenvalue weighted by Crippen LogP contribution is 2.23. The van der Waals surface area contributed by atoms with Gasteiger partial charge in [0.1, 0.15) is 5.69 Å². The summed E-state index contributed by atoms with van der Waals surface area (Å²) in [5.41, 5.74) is 2.84. The summed E-state index contributed by atoms with van der Waals surface area (Å²) < 4.78 is 3.36. The van der Waals surface area contributed by atoms with Crippen molar-refractivity contribution in [2.45, 2.75) is 32.2 Å². The standard InChI is InChI=1S/C23H26N4O2/c1-17-21(22(28)27(25(17)2)19-12-7-4-8-13-19)24-23(29)26-15-9-14-20(26)16-18-10-5-3-6-11-18/h3-8,10-13,20H,9,14-16H2,1-2H3,(H,24,29)/t20-/m0/s1. The number of rotatable bonds is 4. The van der Waals surface area contributed by atoms with Crippen molar-refractivity contribution in [2.75, 3.05) is 11.9 Å². The molecule has 29 heavy (non-hydrogen) atoms. The number of nitrogens with one attached hydrogen (secondary N) is 1. The summed E-state index contributed by atoms with van der Waals surface area (Å²) in [4.78, 5) is 27.9. The van der Waals surface area contributed by atoms with Crippen molar-refractivity contribution in [3.63, 3.8) is 0 Å². The Morgan fingerprint density at radius 2 is 1.72 bits per heavy atom. The van der Waals surface area contributed by atoms with Crippen LogP contribution in [0.1, 0.15) is 24.1 Å². The summed E-state index contributed by atoms with van der Waals surface area (Å²) in [5, 5.41) is 2.90. The highest BCUT2D eigenvalue weighted by molar-refractivity contribution is 5.90. The lowest BCUT2D eigenvalue weighted by Crippen LogP contribution is -2.40. The predicted octanol–water partition coefficient (Wildman–Crippen LogP) is 3.72. The van der Waals surface area contributed by atoms with Crippen molar-refractivity contribution in [3.05, 3.63) is 82.3 Å². The Balaban J connectivity index is 1.56. The molecule has 0 aliphatic carbocycles. The highest BCUT2D eigenvalue weighted by Gasteiger charge is 2.30. The SMILES string of the molecule is Cc1c(NC(=O)N2CCC[C@H]2Cc2ccccc2)c(=O)n(-c2ccccc2)n1C. The van der Waals surface area contributed by atoms with Gasteiger partial charge in [-0.05, 0) is 43.9 Å². The molecule has 6 heteroatoms. The van der Waals surface area contributed by atoms with Gasteiger partial charge in [0.25, 0.3) is 5.56 Å². The number of benzene rings is 2. The van der Waals surface area contributed by atoms with Gasteiger partial charge in [0, 0.05) is 19.6 Å². The van der Waals surface area contributed by atoms with E-state index in [9.17, 15) is 9.59 Å². The summed E-state index contributed by atoms with van der Waals surface area (Å²) in [5.74, 6) is 0. The summed E-state index contributed by atoms with van der Waals surface area (Å²) in [7, 11) is 1.83. The Morgan fingerprint density at radius 3 is 2.41 bits per heavy atom. The third-order valence-electron chi connectivity index (χ3n) is 5.74. The Hall–Kier alpha value is -3.28. The van der Waals surface area contributed by atoms with Crippen molar-refractivity contribution in [3.8, 4) is 5.69 Å². The fourth-order valence-corrected chi connectivity index (χ4v) is 4.09. The van der Waals surface area contributed by atoms with Gasteiger partial charge in [-0.25, -0.2) is 9.48 Å². The van der Waals surface area contributed by atoms with Crippen LogP contribution in [0.5, 0.6) is 0 Å². The van der Waals surface area contributed by atoms with E-state index in [0.29, 0.717) is 12.2 Å². The Bertz CT molecular complexity index is 1050. The van der Waals surface area contributed by atoms with Crippen LogP contribution in [0, 0.1) is 6.92 Å². The first-order valence-electron chi connectivity index (χ1n) is 10.0. The molecule has 2 heterocycles. The Labute approximate surface area is 170 Å². The lowest BCUT2D eigenvalue weighted by atomic mass is 10.0. The molecule has 1 N–H and O–H groups in total. The number of para-hydroxylation sites is 1. The molecule has 0 saturated carbocycles. The summed E-state index contributed by atoms with van der Waals surface area (Å²) >= 11 is 0. The molecule has 1 atom stereocenters. The largest absolute Gasteiger partial charge is 0.322 e. The van der Waals surface area contributed by atoms with Crippen LogP contribution in [0.2, 0.25) is 0 Å². The fourth-order valence-electron chi connectivity index (χ4n) is 4.09. The average molecular weight is 390 g/mol. The summed E-state index contributed by atoms with van der Waals surface area (Å²) in [6, 6.07) is 19.6. The minimum absolute atomic E-state index is 0.151. The molecule has 1 fully saturated rings. The number of aromatic nitrogens is 2. The molecular weight excluding hydrogens is 364 g/mol. The number of hydrogen-bond acceptors (Lipinski definition) is 2. The van der Waals surface area contributed by atoms with Crippen LogP contribution in [0.4, 0.5) is 10.5 Å². The molecule has 0 spiro atoms. The number of carbonyl (C=O) groups is 1. The monoisotopic (exact) mass is 390 g/mol. The van der Waals surface area contributed by atoms with Crippen LogP contribution < -0.4 is 10.9 Å². The first kappa shape index (κ1) is 19.1. The minimum atomic E-state index is -0.219. The number of hydrogen-bond donors (Lipinski definition) is 1. The predicted molar refractivity (Wildman–Crippen MR) is 115 cm³/mol. The number of urea groups is 1. The van der Waals surface area contributed by atoms with E-state index in [1.807, 2.05) is 67.4 Å². The molecular formula is C23H26N4O2. The van der Waals surface area contributed by atoms with Gasteiger partial charge < -0.3 is 10.2 Å². The minimum Gasteiger partial charge on any atom is -0.321 e. The summed E-state index contributed by atoms with van der Waals surface area (Å²) in [6.07, 6.45) is 2.79. The van der Waals surface area contributed by atoms with E-state index < -0.39 is 0 Å². The van der Waals surface area contributed by atoms with Gasteiger partial charge in [-0.1, -0.05) is 48.5 Å². The molecule has 6 nitrogen and oxygen atoms in total. The number of anilines is 1. The van der Waals surface area contributed by atoms with E-state index in [-0.39, 0.29) is 17.6 Å². The first-order chi connectivity index (χ1) is 14.1. The Kier molecular flexibility index (Phi) is 5.25. The van der Waals surface area contributed by atoms with Gasteiger partial charge in [0.05, 0.1) is 11.4 Å². The molecule has 1 aromatic heterocycles. The normalized spacial score (nSPS) is 16.2. The molecule has 1 aliphatic rings. The van der Waals surface area contributed by atoms with Gasteiger partial charge >= 0.3 is 6.03 Å². The third kappa shape index (κ3) is 3.70. The Morgan fingerprint density at radius 1 is 1.07 bits per heavy atom. The highest BCUT2D eigenvalue weighted by atomic mass is 16.2. The zero-order valence-electron chi connectivity index (χ0n) is 16.8. The molecule has 1 aliphatic heterocycles. The summed E-state index contributed by atoms with van der Waals surface area (Å²) in [6.45, 7) is 2.56. The molecule has 3 aromatic rings. The maximum Gasteiger partial charge on any atom is 0.322 e. The van der Waals surface area contributed by atoms with Crippen molar-refractivity contribution in [1.82, 2.24) is 14.3 Å². The van der Waals surface area contributed by atoms with Crippen molar-refractivity contribution >= 4 is 11.7 Å². The van der Waals surface area contributed by atoms with Crippen LogP contribution >= 0.6 is 0 Å². The zero-order chi connectivity index (χ0) is 20.4. The van der Waals surface area contributed by atoms with Crippen molar-refractivity contribution in [1.29, 1.82) is 0 Å². The quantitative estimate of drug-likeness (QED) is 0.738. The number of carbonyl (C=O) groups excluding carboxylic acids is 1. The molecule has 2 aromatic carbocycles.